The number of aromatic nitrogens is 4. The molecule has 0 spiro atoms. The van der Waals surface area contributed by atoms with Crippen LogP contribution >= 0.6 is 0 Å². The van der Waals surface area contributed by atoms with Crippen LogP contribution in [0.1, 0.15) is 53.1 Å². The average molecular weight is 344 g/mol. The zero-order chi connectivity index (χ0) is 18.1. The number of carbonyl (C=O) groups excluding carboxylic acids is 1. The van der Waals surface area contributed by atoms with Crippen molar-refractivity contribution in [2.45, 2.75) is 45.9 Å². The lowest BCUT2D eigenvalue weighted by Crippen LogP contribution is -2.28. The van der Waals surface area contributed by atoms with Crippen molar-refractivity contribution in [3.05, 3.63) is 34.4 Å². The molecular formula is C17H24N6O2. The first-order valence-corrected chi connectivity index (χ1v) is 8.37. The molecule has 2 atom stereocenters. The second-order valence-corrected chi connectivity index (χ2v) is 6.64. The molecule has 2 N–H and O–H groups in total. The summed E-state index contributed by atoms with van der Waals surface area (Å²) in [6.45, 7) is 6.19. The van der Waals surface area contributed by atoms with Crippen molar-refractivity contribution in [3.63, 3.8) is 0 Å². The fraction of sp³-hybridized carbons (Fsp3) is 0.529. The molecule has 3 rings (SSSR count). The Hall–Kier alpha value is -2.48. The van der Waals surface area contributed by atoms with Gasteiger partial charge in [0.25, 0.3) is 5.91 Å². The summed E-state index contributed by atoms with van der Waals surface area (Å²) in [5, 5.41) is 10.0. The Morgan fingerprint density at radius 3 is 2.88 bits per heavy atom. The lowest BCUT2D eigenvalue weighted by molar-refractivity contribution is -0.00697. The topological polar surface area (TPSA) is 96.0 Å². The maximum Gasteiger partial charge on any atom is 0.272 e. The minimum atomic E-state index is -0.207. The maximum absolute atomic E-state index is 12.6. The Morgan fingerprint density at radius 1 is 1.40 bits per heavy atom. The third kappa shape index (κ3) is 3.63. The number of carbonyl (C=O) groups is 1. The van der Waals surface area contributed by atoms with E-state index in [1.54, 1.807) is 0 Å². The smallest absolute Gasteiger partial charge is 0.272 e. The first kappa shape index (κ1) is 17.3. The number of amides is 1. The fourth-order valence-electron chi connectivity index (χ4n) is 3.02. The van der Waals surface area contributed by atoms with E-state index in [1.165, 1.54) is 0 Å². The summed E-state index contributed by atoms with van der Waals surface area (Å²) in [6.07, 6.45) is 0.662. The number of nitrogens with one attached hydrogen (secondary N) is 2. The molecule has 0 fully saturated rings. The highest BCUT2D eigenvalue weighted by molar-refractivity contribution is 5.94. The van der Waals surface area contributed by atoms with Crippen molar-refractivity contribution in [1.29, 1.82) is 0 Å². The van der Waals surface area contributed by atoms with Crippen LogP contribution in [0.2, 0.25) is 0 Å². The van der Waals surface area contributed by atoms with E-state index in [2.05, 4.69) is 25.5 Å². The molecule has 1 amide bonds. The van der Waals surface area contributed by atoms with Gasteiger partial charge in [0.2, 0.25) is 5.95 Å². The average Bonchev–Trinajstić information content (AvgIpc) is 2.96. The Kier molecular flexibility index (Phi) is 4.71. The minimum absolute atomic E-state index is 0.0683. The largest absolute Gasteiger partial charge is 0.369 e. The van der Waals surface area contributed by atoms with Gasteiger partial charge < -0.3 is 15.0 Å². The molecule has 25 heavy (non-hydrogen) atoms. The van der Waals surface area contributed by atoms with Gasteiger partial charge in [-0.3, -0.25) is 9.89 Å². The molecule has 134 valence electrons. The van der Waals surface area contributed by atoms with Crippen LogP contribution in [-0.2, 0) is 17.7 Å². The fourth-order valence-corrected chi connectivity index (χ4v) is 3.02. The molecule has 1 aliphatic heterocycles. The molecule has 8 heteroatoms. The van der Waals surface area contributed by atoms with E-state index in [-0.39, 0.29) is 18.1 Å². The van der Waals surface area contributed by atoms with E-state index in [9.17, 15) is 4.79 Å². The van der Waals surface area contributed by atoms with Crippen LogP contribution in [0.4, 0.5) is 5.95 Å². The molecular weight excluding hydrogens is 320 g/mol. The van der Waals surface area contributed by atoms with E-state index >= 15 is 0 Å². The van der Waals surface area contributed by atoms with Crippen molar-refractivity contribution in [1.82, 2.24) is 25.5 Å². The molecule has 8 nitrogen and oxygen atoms in total. The number of hydrogen-bond acceptors (Lipinski definition) is 6. The molecule has 0 aromatic carbocycles. The minimum Gasteiger partial charge on any atom is -0.369 e. The molecule has 2 aromatic heterocycles. The predicted octanol–water partition coefficient (Wildman–Crippen LogP) is 1.53. The summed E-state index contributed by atoms with van der Waals surface area (Å²) in [4.78, 5) is 23.2. The molecule has 0 unspecified atom stereocenters. The second-order valence-electron chi connectivity index (χ2n) is 6.64. The van der Waals surface area contributed by atoms with E-state index in [0.29, 0.717) is 24.6 Å². The quantitative estimate of drug-likeness (QED) is 0.873. The number of aromatic amines is 1. The molecule has 1 aliphatic rings. The monoisotopic (exact) mass is 344 g/mol. The van der Waals surface area contributed by atoms with Crippen molar-refractivity contribution in [2.75, 3.05) is 19.0 Å². The Morgan fingerprint density at radius 2 is 2.16 bits per heavy atom. The molecule has 3 heterocycles. The molecule has 2 aromatic rings. The van der Waals surface area contributed by atoms with Crippen LogP contribution < -0.4 is 10.2 Å². The second kappa shape index (κ2) is 6.79. The van der Waals surface area contributed by atoms with E-state index in [1.807, 2.05) is 45.8 Å². The number of H-pyrrole nitrogens is 1. The van der Waals surface area contributed by atoms with E-state index in [4.69, 9.17) is 4.74 Å². The normalized spacial score (nSPS) is 19.4. The summed E-state index contributed by atoms with van der Waals surface area (Å²) >= 11 is 0. The Balaban J connectivity index is 1.74. The van der Waals surface area contributed by atoms with Crippen molar-refractivity contribution in [3.8, 4) is 0 Å². The van der Waals surface area contributed by atoms with Crippen LogP contribution in [0.5, 0.6) is 0 Å². The van der Waals surface area contributed by atoms with Crippen LogP contribution in [0.25, 0.3) is 0 Å². The number of hydrogen-bond donors (Lipinski definition) is 2. The van der Waals surface area contributed by atoms with Gasteiger partial charge >= 0.3 is 0 Å². The number of nitrogens with zero attached hydrogens (tertiary/aromatic N) is 4. The SMILES string of the molecule is Cc1cc(CNC(=O)c2n[nH]c3c2C[C@@H](C)O[C@H]3C)nc(N(C)C)n1. The number of rotatable bonds is 4. The van der Waals surface area contributed by atoms with Gasteiger partial charge in [0.05, 0.1) is 30.1 Å². The lowest BCUT2D eigenvalue weighted by Gasteiger charge is -2.25. The molecule has 0 radical (unpaired) electrons. The van der Waals surface area contributed by atoms with Crippen LogP contribution in [0, 0.1) is 6.92 Å². The number of fused-ring (bicyclic) bond motifs is 1. The summed E-state index contributed by atoms with van der Waals surface area (Å²) in [5.74, 6) is 0.419. The zero-order valence-corrected chi connectivity index (χ0v) is 15.3. The lowest BCUT2D eigenvalue weighted by atomic mass is 9.99. The van der Waals surface area contributed by atoms with Crippen LogP contribution in [0.15, 0.2) is 6.07 Å². The van der Waals surface area contributed by atoms with E-state index in [0.717, 1.165) is 22.6 Å². The highest BCUT2D eigenvalue weighted by Crippen LogP contribution is 2.30. The van der Waals surface area contributed by atoms with Gasteiger partial charge in [-0.05, 0) is 26.8 Å². The van der Waals surface area contributed by atoms with Crippen molar-refractivity contribution in [2.24, 2.45) is 0 Å². The number of aryl methyl sites for hydroxylation is 1. The van der Waals surface area contributed by atoms with Crippen LogP contribution in [0.3, 0.4) is 0 Å². The summed E-state index contributed by atoms with van der Waals surface area (Å²) < 4.78 is 5.76. The van der Waals surface area contributed by atoms with Crippen LogP contribution in [-0.4, -0.2) is 46.3 Å². The predicted molar refractivity (Wildman–Crippen MR) is 93.5 cm³/mol. The number of ether oxygens (including phenoxy) is 1. The van der Waals surface area contributed by atoms with Gasteiger partial charge in [-0.15, -0.1) is 0 Å². The van der Waals surface area contributed by atoms with Gasteiger partial charge in [-0.25, -0.2) is 9.97 Å². The molecule has 0 saturated carbocycles. The highest BCUT2D eigenvalue weighted by Gasteiger charge is 2.29. The van der Waals surface area contributed by atoms with Crippen molar-refractivity contribution >= 4 is 11.9 Å². The maximum atomic E-state index is 12.6. The first-order chi connectivity index (χ1) is 11.8. The standard InChI is InChI=1S/C17H24N6O2/c1-9-6-12(20-17(19-9)23(4)5)8-18-16(24)15-13-7-10(2)25-11(3)14(13)21-22-15/h6,10-11H,7-8H2,1-5H3,(H,18,24)(H,21,22)/t10-,11+/m1/s1. The zero-order valence-electron chi connectivity index (χ0n) is 15.3. The summed E-state index contributed by atoms with van der Waals surface area (Å²) in [5.41, 5.74) is 3.89. The summed E-state index contributed by atoms with van der Waals surface area (Å²) in [7, 11) is 3.77. The van der Waals surface area contributed by atoms with Gasteiger partial charge in [-0.2, -0.15) is 5.10 Å². The highest BCUT2D eigenvalue weighted by atomic mass is 16.5. The Bertz CT molecular complexity index is 785. The molecule has 0 aliphatic carbocycles. The van der Waals surface area contributed by atoms with Crippen molar-refractivity contribution < 1.29 is 9.53 Å². The number of anilines is 1. The van der Waals surface area contributed by atoms with E-state index < -0.39 is 0 Å². The van der Waals surface area contributed by atoms with Gasteiger partial charge in [-0.1, -0.05) is 0 Å². The molecule has 0 saturated heterocycles. The third-order valence-electron chi connectivity index (χ3n) is 4.17. The first-order valence-electron chi connectivity index (χ1n) is 8.37. The third-order valence-corrected chi connectivity index (χ3v) is 4.17. The van der Waals surface area contributed by atoms with Gasteiger partial charge in [0, 0.05) is 31.8 Å². The Labute approximate surface area is 147 Å². The summed E-state index contributed by atoms with van der Waals surface area (Å²) in [6, 6.07) is 1.87. The van der Waals surface area contributed by atoms with Gasteiger partial charge in [0.15, 0.2) is 5.69 Å². The van der Waals surface area contributed by atoms with Gasteiger partial charge in [0.1, 0.15) is 0 Å². The molecule has 0 bridgehead atoms.